The Kier molecular flexibility index (Phi) is 0.886. The molecule has 0 amide bonds. The van der Waals surface area contributed by atoms with Gasteiger partial charge in [-0.15, -0.1) is 0 Å². The zero-order valence-electron chi connectivity index (χ0n) is 5.07. The summed E-state index contributed by atoms with van der Waals surface area (Å²) in [5.41, 5.74) is 2.36. The van der Waals surface area contributed by atoms with E-state index >= 15 is 0 Å². The molecule has 0 radical (unpaired) electrons. The third kappa shape index (κ3) is 0.650. The van der Waals surface area contributed by atoms with Gasteiger partial charge in [-0.1, -0.05) is 0 Å². The van der Waals surface area contributed by atoms with Crippen LogP contribution in [-0.4, -0.2) is 18.1 Å². The first kappa shape index (κ1) is 4.73. The molecule has 0 bridgehead atoms. The number of aromatic nitrogens is 1. The summed E-state index contributed by atoms with van der Waals surface area (Å²) in [7, 11) is 0. The van der Waals surface area contributed by atoms with E-state index in [1.54, 1.807) is 0 Å². The van der Waals surface area contributed by atoms with Crippen LogP contribution in [0, 0.1) is 0 Å². The smallest absolute Gasteiger partial charge is 0.0754 e. The number of H-pyrrole nitrogens is 1. The molecule has 9 heavy (non-hydrogen) atoms. The summed E-state index contributed by atoms with van der Waals surface area (Å²) in [6, 6.07) is 0. The Hall–Kier alpha value is -1.12. The van der Waals surface area contributed by atoms with Gasteiger partial charge >= 0.3 is 0 Å². The lowest BCUT2D eigenvalue weighted by molar-refractivity contribution is 1.05. The normalized spacial score (nSPS) is 15.6. The Labute approximate surface area is 53.5 Å². The zero-order chi connectivity index (χ0) is 6.10. The van der Waals surface area contributed by atoms with Gasteiger partial charge in [-0.05, 0) is 0 Å². The van der Waals surface area contributed by atoms with E-state index in [-0.39, 0.29) is 0 Å². The molecule has 1 aliphatic rings. The van der Waals surface area contributed by atoms with Gasteiger partial charge in [-0.25, -0.2) is 0 Å². The Morgan fingerprint density at radius 1 is 1.00 bits per heavy atom. The first-order valence-corrected chi connectivity index (χ1v) is 3.11. The molecule has 1 aromatic rings. The van der Waals surface area contributed by atoms with Gasteiger partial charge in [-0.3, -0.25) is 0 Å². The molecule has 0 saturated heterocycles. The fraction of sp³-hybridized carbons (Fsp3) is 0.333. The number of nitrogens with one attached hydrogen (secondary N) is 3. The lowest BCUT2D eigenvalue weighted by atomic mass is 10.3. The largest absolute Gasteiger partial charge is 0.380 e. The van der Waals surface area contributed by atoms with Gasteiger partial charge in [0.2, 0.25) is 0 Å². The molecule has 0 atom stereocenters. The number of hydrogen-bond acceptors (Lipinski definition) is 2. The van der Waals surface area contributed by atoms with Crippen LogP contribution in [-0.2, 0) is 0 Å². The minimum Gasteiger partial charge on any atom is -0.380 e. The lowest BCUT2D eigenvalue weighted by Crippen LogP contribution is -2.18. The van der Waals surface area contributed by atoms with Crippen molar-refractivity contribution >= 4 is 11.4 Å². The molecule has 2 rings (SSSR count). The number of aromatic amines is 1. The first-order chi connectivity index (χ1) is 4.47. The van der Waals surface area contributed by atoms with Gasteiger partial charge in [0.05, 0.1) is 11.4 Å². The fourth-order valence-corrected chi connectivity index (χ4v) is 1.05. The molecule has 3 N–H and O–H groups in total. The van der Waals surface area contributed by atoms with Crippen LogP contribution < -0.4 is 10.6 Å². The van der Waals surface area contributed by atoms with Gasteiger partial charge in [0.1, 0.15) is 0 Å². The summed E-state index contributed by atoms with van der Waals surface area (Å²) < 4.78 is 0. The molecule has 3 nitrogen and oxygen atoms in total. The molecular weight excluding hydrogens is 114 g/mol. The van der Waals surface area contributed by atoms with E-state index in [1.165, 1.54) is 11.4 Å². The maximum atomic E-state index is 3.25. The molecule has 1 aromatic heterocycles. The van der Waals surface area contributed by atoms with Crippen molar-refractivity contribution in [1.29, 1.82) is 0 Å². The van der Waals surface area contributed by atoms with Crippen LogP contribution in [0.25, 0.3) is 0 Å². The number of hydrogen-bond donors (Lipinski definition) is 3. The number of anilines is 2. The van der Waals surface area contributed by atoms with Gasteiger partial charge in [-0.2, -0.15) is 0 Å². The monoisotopic (exact) mass is 123 g/mol. The van der Waals surface area contributed by atoms with Crippen molar-refractivity contribution in [2.24, 2.45) is 0 Å². The van der Waals surface area contributed by atoms with E-state index in [1.807, 2.05) is 12.4 Å². The predicted molar refractivity (Wildman–Crippen MR) is 37.8 cm³/mol. The highest BCUT2D eigenvalue weighted by Gasteiger charge is 2.05. The van der Waals surface area contributed by atoms with Crippen molar-refractivity contribution in [2.45, 2.75) is 0 Å². The molecule has 0 spiro atoms. The van der Waals surface area contributed by atoms with E-state index in [4.69, 9.17) is 0 Å². The van der Waals surface area contributed by atoms with Crippen molar-refractivity contribution in [3.63, 3.8) is 0 Å². The Bertz CT molecular complexity index is 183. The molecule has 0 saturated carbocycles. The molecule has 0 fully saturated rings. The van der Waals surface area contributed by atoms with E-state index in [2.05, 4.69) is 15.6 Å². The standard InChI is InChI=1S/C6H9N3/c1-2-9-6-4-7-3-5(6)8-1/h3-4,7-9H,1-2H2. The first-order valence-electron chi connectivity index (χ1n) is 3.11. The highest BCUT2D eigenvalue weighted by Crippen LogP contribution is 2.21. The SMILES string of the molecule is c1[nH]cc2c1NCCN2. The highest BCUT2D eigenvalue weighted by molar-refractivity contribution is 5.69. The fourth-order valence-electron chi connectivity index (χ4n) is 1.05. The summed E-state index contributed by atoms with van der Waals surface area (Å²) in [6.45, 7) is 2.04. The van der Waals surface area contributed by atoms with Crippen LogP contribution in [0.1, 0.15) is 0 Å². The maximum Gasteiger partial charge on any atom is 0.0754 e. The van der Waals surface area contributed by atoms with Crippen molar-refractivity contribution < 1.29 is 0 Å². The minimum atomic E-state index is 1.02. The summed E-state index contributed by atoms with van der Waals surface area (Å²) in [6.07, 6.45) is 3.92. The predicted octanol–water partition coefficient (Wildman–Crippen LogP) is 0.852. The number of fused-ring (bicyclic) bond motifs is 1. The second kappa shape index (κ2) is 1.69. The molecule has 0 aromatic carbocycles. The molecule has 0 aliphatic carbocycles. The Morgan fingerprint density at radius 3 is 2.11 bits per heavy atom. The third-order valence-corrected chi connectivity index (χ3v) is 1.50. The zero-order valence-corrected chi connectivity index (χ0v) is 5.07. The van der Waals surface area contributed by atoms with E-state index < -0.39 is 0 Å². The van der Waals surface area contributed by atoms with E-state index in [0.717, 1.165) is 13.1 Å². The topological polar surface area (TPSA) is 39.9 Å². The van der Waals surface area contributed by atoms with Crippen LogP contribution >= 0.6 is 0 Å². The molecule has 2 heterocycles. The molecule has 48 valence electrons. The molecule has 1 aliphatic heterocycles. The molecule has 3 heteroatoms. The molecular formula is C6H9N3. The van der Waals surface area contributed by atoms with E-state index in [9.17, 15) is 0 Å². The van der Waals surface area contributed by atoms with Crippen molar-refractivity contribution in [2.75, 3.05) is 23.7 Å². The van der Waals surface area contributed by atoms with Crippen LogP contribution in [0.2, 0.25) is 0 Å². The van der Waals surface area contributed by atoms with Crippen LogP contribution in [0.5, 0.6) is 0 Å². The van der Waals surface area contributed by atoms with Crippen LogP contribution in [0.15, 0.2) is 12.4 Å². The highest BCUT2D eigenvalue weighted by atomic mass is 15.0. The van der Waals surface area contributed by atoms with Crippen molar-refractivity contribution in [3.8, 4) is 0 Å². The second-order valence-corrected chi connectivity index (χ2v) is 2.14. The summed E-state index contributed by atoms with van der Waals surface area (Å²) >= 11 is 0. The summed E-state index contributed by atoms with van der Waals surface area (Å²) in [5, 5.41) is 6.50. The number of rotatable bonds is 0. The quantitative estimate of drug-likeness (QED) is 0.478. The minimum absolute atomic E-state index is 1.02. The van der Waals surface area contributed by atoms with Crippen molar-refractivity contribution in [3.05, 3.63) is 12.4 Å². The summed E-state index contributed by atoms with van der Waals surface area (Å²) in [5.74, 6) is 0. The average Bonchev–Trinajstić information content (AvgIpc) is 2.33. The molecule has 0 unspecified atom stereocenters. The summed E-state index contributed by atoms with van der Waals surface area (Å²) in [4.78, 5) is 3.02. The van der Waals surface area contributed by atoms with Gasteiger partial charge < -0.3 is 15.6 Å². The Balaban J connectivity index is 2.39. The van der Waals surface area contributed by atoms with Gasteiger partial charge in [0, 0.05) is 25.5 Å². The van der Waals surface area contributed by atoms with Gasteiger partial charge in [0.15, 0.2) is 0 Å². The third-order valence-electron chi connectivity index (χ3n) is 1.50. The lowest BCUT2D eigenvalue weighted by Gasteiger charge is -2.14. The van der Waals surface area contributed by atoms with E-state index in [0.29, 0.717) is 0 Å². The van der Waals surface area contributed by atoms with Crippen LogP contribution in [0.3, 0.4) is 0 Å². The Morgan fingerprint density at radius 2 is 1.56 bits per heavy atom. The maximum absolute atomic E-state index is 3.25. The van der Waals surface area contributed by atoms with Crippen molar-refractivity contribution in [1.82, 2.24) is 4.98 Å². The second-order valence-electron chi connectivity index (χ2n) is 2.14. The average molecular weight is 123 g/mol. The van der Waals surface area contributed by atoms with Crippen LogP contribution in [0.4, 0.5) is 11.4 Å². The van der Waals surface area contributed by atoms with Gasteiger partial charge in [0.25, 0.3) is 0 Å².